The zero-order chi connectivity index (χ0) is 11.4. The summed E-state index contributed by atoms with van der Waals surface area (Å²) < 4.78 is 0. The number of hydrogen-bond acceptors (Lipinski definition) is 4. The normalized spacial score (nSPS) is 10.4. The highest BCUT2D eigenvalue weighted by atomic mass is 32.1. The molecule has 1 N–H and O–H groups in total. The van der Waals surface area contributed by atoms with Crippen LogP contribution in [0.15, 0.2) is 23.6 Å². The van der Waals surface area contributed by atoms with Crippen LogP contribution >= 0.6 is 11.3 Å². The van der Waals surface area contributed by atoms with Crippen LogP contribution in [-0.2, 0) is 0 Å². The van der Waals surface area contributed by atoms with Crippen LogP contribution in [0.4, 0.5) is 5.82 Å². The Bertz CT molecular complexity index is 448. The highest BCUT2D eigenvalue weighted by Gasteiger charge is 2.02. The van der Waals surface area contributed by atoms with Gasteiger partial charge in [0.1, 0.15) is 5.82 Å². The van der Waals surface area contributed by atoms with Gasteiger partial charge in [-0.3, -0.25) is 0 Å². The summed E-state index contributed by atoms with van der Waals surface area (Å²) in [5.74, 6) is 0.845. The summed E-state index contributed by atoms with van der Waals surface area (Å²) in [7, 11) is 0. The predicted molar refractivity (Wildman–Crippen MR) is 68.9 cm³/mol. The van der Waals surface area contributed by atoms with Crippen LogP contribution < -0.4 is 5.32 Å². The Morgan fingerprint density at radius 1 is 1.31 bits per heavy atom. The monoisotopic (exact) mass is 233 g/mol. The predicted octanol–water partition coefficient (Wildman–Crippen LogP) is 3.34. The zero-order valence-corrected chi connectivity index (χ0v) is 10.3. The van der Waals surface area contributed by atoms with Crippen molar-refractivity contribution >= 4 is 17.2 Å². The number of nitrogens with zero attached hydrogens (tertiary/aromatic N) is 2. The summed E-state index contributed by atoms with van der Waals surface area (Å²) >= 11 is 1.73. The van der Waals surface area contributed by atoms with Crippen molar-refractivity contribution in [3.05, 3.63) is 28.5 Å². The minimum atomic E-state index is 0.845. The summed E-state index contributed by atoms with van der Waals surface area (Å²) in [6.45, 7) is 5.16. The van der Waals surface area contributed by atoms with E-state index >= 15 is 0 Å². The second-order valence-electron chi connectivity index (χ2n) is 3.68. The SMILES string of the molecule is CCCNc1ccc(-c2csc(C)c2)nn1. The molecule has 0 aromatic carbocycles. The van der Waals surface area contributed by atoms with Crippen molar-refractivity contribution in [3.63, 3.8) is 0 Å². The van der Waals surface area contributed by atoms with Gasteiger partial charge in [-0.25, -0.2) is 0 Å². The van der Waals surface area contributed by atoms with Crippen LogP contribution in [0.2, 0.25) is 0 Å². The summed E-state index contributed by atoms with van der Waals surface area (Å²) in [5, 5.41) is 13.7. The molecule has 0 fully saturated rings. The largest absolute Gasteiger partial charge is 0.369 e. The summed E-state index contributed by atoms with van der Waals surface area (Å²) in [6, 6.07) is 6.12. The van der Waals surface area contributed by atoms with E-state index in [9.17, 15) is 0 Å². The smallest absolute Gasteiger partial charge is 0.148 e. The van der Waals surface area contributed by atoms with Crippen molar-refractivity contribution in [3.8, 4) is 11.3 Å². The van der Waals surface area contributed by atoms with Gasteiger partial charge in [-0.05, 0) is 31.5 Å². The number of nitrogens with one attached hydrogen (secondary N) is 1. The maximum Gasteiger partial charge on any atom is 0.148 e. The first-order valence-corrected chi connectivity index (χ1v) is 6.30. The first-order valence-electron chi connectivity index (χ1n) is 5.42. The lowest BCUT2D eigenvalue weighted by Gasteiger charge is -2.02. The van der Waals surface area contributed by atoms with Crippen LogP contribution in [-0.4, -0.2) is 16.7 Å². The first-order chi connectivity index (χ1) is 7.79. The van der Waals surface area contributed by atoms with Gasteiger partial charge in [0, 0.05) is 22.4 Å². The summed E-state index contributed by atoms with van der Waals surface area (Å²) in [4.78, 5) is 1.30. The fourth-order valence-electron chi connectivity index (χ4n) is 1.41. The molecule has 0 atom stereocenters. The van der Waals surface area contributed by atoms with Crippen LogP contribution in [0.5, 0.6) is 0 Å². The van der Waals surface area contributed by atoms with Crippen LogP contribution in [0.1, 0.15) is 18.2 Å². The molecule has 2 rings (SSSR count). The highest BCUT2D eigenvalue weighted by Crippen LogP contribution is 2.23. The lowest BCUT2D eigenvalue weighted by Crippen LogP contribution is -2.02. The van der Waals surface area contributed by atoms with E-state index in [0.717, 1.165) is 30.0 Å². The lowest BCUT2D eigenvalue weighted by molar-refractivity contribution is 0.946. The molecule has 0 aliphatic carbocycles. The van der Waals surface area contributed by atoms with E-state index < -0.39 is 0 Å². The quantitative estimate of drug-likeness (QED) is 0.880. The number of thiophene rings is 1. The standard InChI is InChI=1S/C12H15N3S/c1-3-6-13-12-5-4-11(14-15-12)10-7-9(2)16-8-10/h4-5,7-8H,3,6H2,1-2H3,(H,13,15). The molecule has 0 bridgehead atoms. The molecule has 0 saturated heterocycles. The molecule has 0 spiro atoms. The fraction of sp³-hybridized carbons (Fsp3) is 0.333. The van der Waals surface area contributed by atoms with E-state index in [-0.39, 0.29) is 0 Å². The maximum atomic E-state index is 4.21. The molecule has 2 aromatic heterocycles. The van der Waals surface area contributed by atoms with Gasteiger partial charge >= 0.3 is 0 Å². The second kappa shape index (κ2) is 5.07. The molecule has 0 aliphatic rings. The number of anilines is 1. The van der Waals surface area contributed by atoms with Crippen molar-refractivity contribution < 1.29 is 0 Å². The van der Waals surface area contributed by atoms with E-state index in [1.54, 1.807) is 11.3 Å². The van der Waals surface area contributed by atoms with Crippen molar-refractivity contribution in [1.82, 2.24) is 10.2 Å². The molecule has 0 aliphatic heterocycles. The third-order valence-electron chi connectivity index (χ3n) is 2.25. The maximum absolute atomic E-state index is 4.21. The molecule has 0 unspecified atom stereocenters. The Kier molecular flexibility index (Phi) is 3.51. The van der Waals surface area contributed by atoms with E-state index in [4.69, 9.17) is 0 Å². The average molecular weight is 233 g/mol. The number of aromatic nitrogens is 2. The minimum Gasteiger partial charge on any atom is -0.369 e. The molecular formula is C12H15N3S. The molecular weight excluding hydrogens is 218 g/mol. The number of hydrogen-bond donors (Lipinski definition) is 1. The molecule has 0 amide bonds. The molecule has 2 aromatic rings. The molecule has 2 heterocycles. The van der Waals surface area contributed by atoms with E-state index in [1.807, 2.05) is 12.1 Å². The van der Waals surface area contributed by atoms with Crippen LogP contribution in [0, 0.1) is 6.92 Å². The molecule has 16 heavy (non-hydrogen) atoms. The fourth-order valence-corrected chi connectivity index (χ4v) is 2.11. The minimum absolute atomic E-state index is 0.845. The van der Waals surface area contributed by atoms with Gasteiger partial charge in [0.05, 0.1) is 5.69 Å². The molecule has 84 valence electrons. The molecule has 4 heteroatoms. The molecule has 0 radical (unpaired) electrons. The van der Waals surface area contributed by atoms with Gasteiger partial charge in [-0.2, -0.15) is 0 Å². The van der Waals surface area contributed by atoms with Gasteiger partial charge in [0.2, 0.25) is 0 Å². The third kappa shape index (κ3) is 2.58. The Morgan fingerprint density at radius 3 is 2.75 bits per heavy atom. The average Bonchev–Trinajstić information content (AvgIpc) is 2.74. The van der Waals surface area contributed by atoms with Gasteiger partial charge in [0.25, 0.3) is 0 Å². The summed E-state index contributed by atoms with van der Waals surface area (Å²) in [6.07, 6.45) is 1.09. The topological polar surface area (TPSA) is 37.8 Å². The van der Waals surface area contributed by atoms with E-state index in [2.05, 4.69) is 40.8 Å². The van der Waals surface area contributed by atoms with Crippen molar-refractivity contribution in [1.29, 1.82) is 0 Å². The highest BCUT2D eigenvalue weighted by molar-refractivity contribution is 7.10. The van der Waals surface area contributed by atoms with Crippen molar-refractivity contribution in [2.75, 3.05) is 11.9 Å². The van der Waals surface area contributed by atoms with Gasteiger partial charge in [0.15, 0.2) is 0 Å². The van der Waals surface area contributed by atoms with Gasteiger partial charge in [-0.15, -0.1) is 21.5 Å². The van der Waals surface area contributed by atoms with Crippen LogP contribution in [0.3, 0.4) is 0 Å². The van der Waals surface area contributed by atoms with Crippen molar-refractivity contribution in [2.45, 2.75) is 20.3 Å². The number of rotatable bonds is 4. The van der Waals surface area contributed by atoms with Crippen molar-refractivity contribution in [2.24, 2.45) is 0 Å². The third-order valence-corrected chi connectivity index (χ3v) is 3.11. The Balaban J connectivity index is 2.13. The lowest BCUT2D eigenvalue weighted by atomic mass is 10.2. The summed E-state index contributed by atoms with van der Waals surface area (Å²) in [5.41, 5.74) is 2.09. The number of aryl methyl sites for hydroxylation is 1. The molecule has 0 saturated carbocycles. The van der Waals surface area contributed by atoms with E-state index in [1.165, 1.54) is 4.88 Å². The molecule has 3 nitrogen and oxygen atoms in total. The first kappa shape index (κ1) is 11.1. The van der Waals surface area contributed by atoms with Crippen LogP contribution in [0.25, 0.3) is 11.3 Å². The Hall–Kier alpha value is -1.42. The van der Waals surface area contributed by atoms with Gasteiger partial charge < -0.3 is 5.32 Å². The zero-order valence-electron chi connectivity index (χ0n) is 9.53. The Morgan fingerprint density at radius 2 is 2.19 bits per heavy atom. The van der Waals surface area contributed by atoms with E-state index in [0.29, 0.717) is 0 Å². The Labute approximate surface area is 99.5 Å². The second-order valence-corrected chi connectivity index (χ2v) is 4.79. The van der Waals surface area contributed by atoms with Gasteiger partial charge in [-0.1, -0.05) is 6.92 Å².